The molecule has 9 heteroatoms. The summed E-state index contributed by atoms with van der Waals surface area (Å²) in [6, 6.07) is 5.20. The lowest BCUT2D eigenvalue weighted by atomic mass is 10.0. The molecule has 0 aliphatic rings. The number of benzene rings is 1. The fourth-order valence-electron chi connectivity index (χ4n) is 2.73. The maximum absolute atomic E-state index is 12.8. The summed E-state index contributed by atoms with van der Waals surface area (Å²) in [4.78, 5) is 48.5. The molecule has 0 aliphatic heterocycles. The quantitative estimate of drug-likeness (QED) is 0.345. The first-order valence-electron chi connectivity index (χ1n) is 9.94. The summed E-state index contributed by atoms with van der Waals surface area (Å²) in [7, 11) is 0. The normalized spacial score (nSPS) is 14.9. The van der Waals surface area contributed by atoms with Crippen molar-refractivity contribution in [2.75, 3.05) is 0 Å². The molecule has 1 aromatic rings. The summed E-state index contributed by atoms with van der Waals surface area (Å²) in [6.45, 7) is 6.74. The standard InChI is InChI=1S/C21H32N4O5/c1-12(2)10-16(24-19(27)14(4)23-18(26)13(3)22)20(28)25-17(21(29)30)11-15-8-6-5-7-9-15/h5-9,12-14,16-17H,10-11,22H2,1-4H3,(H,23,26)(H,24,27)(H,25,28)(H,29,30). The maximum Gasteiger partial charge on any atom is 0.326 e. The van der Waals surface area contributed by atoms with Gasteiger partial charge in [0.05, 0.1) is 6.04 Å². The van der Waals surface area contributed by atoms with Crippen molar-refractivity contribution in [3.63, 3.8) is 0 Å². The minimum absolute atomic E-state index is 0.0624. The van der Waals surface area contributed by atoms with Gasteiger partial charge in [-0.3, -0.25) is 14.4 Å². The van der Waals surface area contributed by atoms with Gasteiger partial charge in [-0.15, -0.1) is 0 Å². The number of nitrogens with two attached hydrogens (primary N) is 1. The van der Waals surface area contributed by atoms with E-state index in [-0.39, 0.29) is 12.3 Å². The number of hydrogen-bond acceptors (Lipinski definition) is 5. The second-order valence-electron chi connectivity index (χ2n) is 7.80. The van der Waals surface area contributed by atoms with Gasteiger partial charge in [0, 0.05) is 6.42 Å². The molecule has 0 aliphatic carbocycles. The van der Waals surface area contributed by atoms with Crippen LogP contribution in [0.15, 0.2) is 30.3 Å². The summed E-state index contributed by atoms with van der Waals surface area (Å²) < 4.78 is 0. The largest absolute Gasteiger partial charge is 0.480 e. The summed E-state index contributed by atoms with van der Waals surface area (Å²) >= 11 is 0. The van der Waals surface area contributed by atoms with Crippen LogP contribution in [0.25, 0.3) is 0 Å². The molecule has 30 heavy (non-hydrogen) atoms. The zero-order valence-electron chi connectivity index (χ0n) is 17.8. The van der Waals surface area contributed by atoms with Gasteiger partial charge in [-0.2, -0.15) is 0 Å². The second-order valence-corrected chi connectivity index (χ2v) is 7.80. The molecule has 3 amide bonds. The van der Waals surface area contributed by atoms with Gasteiger partial charge in [0.2, 0.25) is 17.7 Å². The van der Waals surface area contributed by atoms with E-state index in [1.54, 1.807) is 24.3 Å². The van der Waals surface area contributed by atoms with Crippen molar-refractivity contribution in [3.8, 4) is 0 Å². The molecular weight excluding hydrogens is 388 g/mol. The van der Waals surface area contributed by atoms with E-state index in [1.807, 2.05) is 19.9 Å². The predicted molar refractivity (Wildman–Crippen MR) is 112 cm³/mol. The van der Waals surface area contributed by atoms with E-state index in [0.717, 1.165) is 5.56 Å². The van der Waals surface area contributed by atoms with Crippen LogP contribution in [-0.4, -0.2) is 53.0 Å². The number of carboxylic acids is 1. The molecule has 1 aromatic carbocycles. The van der Waals surface area contributed by atoms with Gasteiger partial charge in [0.1, 0.15) is 18.1 Å². The van der Waals surface area contributed by atoms with Crippen molar-refractivity contribution in [3.05, 3.63) is 35.9 Å². The molecule has 6 N–H and O–H groups in total. The third kappa shape index (κ3) is 8.60. The summed E-state index contributed by atoms with van der Waals surface area (Å²) in [5.74, 6) is -2.74. The molecule has 0 radical (unpaired) electrons. The number of amides is 3. The van der Waals surface area contributed by atoms with E-state index in [9.17, 15) is 24.3 Å². The van der Waals surface area contributed by atoms with E-state index in [1.165, 1.54) is 13.8 Å². The van der Waals surface area contributed by atoms with Crippen LogP contribution in [0.3, 0.4) is 0 Å². The zero-order chi connectivity index (χ0) is 22.8. The van der Waals surface area contributed by atoms with Crippen LogP contribution in [0.2, 0.25) is 0 Å². The Bertz CT molecular complexity index is 736. The first-order chi connectivity index (χ1) is 14.0. The molecule has 0 saturated heterocycles. The van der Waals surface area contributed by atoms with E-state index < -0.39 is 47.9 Å². The molecule has 0 heterocycles. The highest BCUT2D eigenvalue weighted by Crippen LogP contribution is 2.08. The lowest BCUT2D eigenvalue weighted by molar-refractivity contribution is -0.142. The average molecular weight is 421 g/mol. The van der Waals surface area contributed by atoms with Crippen LogP contribution in [0.4, 0.5) is 0 Å². The fraction of sp³-hybridized carbons (Fsp3) is 0.524. The topological polar surface area (TPSA) is 151 Å². The van der Waals surface area contributed by atoms with Crippen molar-refractivity contribution in [1.82, 2.24) is 16.0 Å². The molecule has 0 saturated carbocycles. The van der Waals surface area contributed by atoms with E-state index in [0.29, 0.717) is 6.42 Å². The second kappa shape index (κ2) is 11.9. The van der Waals surface area contributed by atoms with Gasteiger partial charge in [0.15, 0.2) is 0 Å². The van der Waals surface area contributed by atoms with Gasteiger partial charge in [-0.25, -0.2) is 4.79 Å². The monoisotopic (exact) mass is 420 g/mol. The lowest BCUT2D eigenvalue weighted by Crippen LogP contribution is -2.56. The van der Waals surface area contributed by atoms with Crippen molar-refractivity contribution >= 4 is 23.7 Å². The molecule has 0 bridgehead atoms. The molecule has 0 spiro atoms. The van der Waals surface area contributed by atoms with Gasteiger partial charge < -0.3 is 26.8 Å². The number of carbonyl (C=O) groups excluding carboxylic acids is 3. The molecule has 4 unspecified atom stereocenters. The third-order valence-electron chi connectivity index (χ3n) is 4.40. The number of carbonyl (C=O) groups is 4. The number of carboxylic acid groups (broad SMARTS) is 1. The summed E-state index contributed by atoms with van der Waals surface area (Å²) in [5, 5.41) is 17.1. The number of nitrogens with one attached hydrogen (secondary N) is 3. The number of hydrogen-bond donors (Lipinski definition) is 5. The molecule has 0 aromatic heterocycles. The minimum atomic E-state index is -1.17. The van der Waals surface area contributed by atoms with Crippen molar-refractivity contribution in [1.29, 1.82) is 0 Å². The highest BCUT2D eigenvalue weighted by Gasteiger charge is 2.29. The van der Waals surface area contributed by atoms with Crippen LogP contribution < -0.4 is 21.7 Å². The third-order valence-corrected chi connectivity index (χ3v) is 4.40. The van der Waals surface area contributed by atoms with Crippen molar-refractivity contribution in [2.24, 2.45) is 11.7 Å². The van der Waals surface area contributed by atoms with Crippen molar-refractivity contribution in [2.45, 2.75) is 64.7 Å². The Labute approximate surface area is 176 Å². The molecule has 4 atom stereocenters. The van der Waals surface area contributed by atoms with E-state index >= 15 is 0 Å². The van der Waals surface area contributed by atoms with Crippen LogP contribution in [0.5, 0.6) is 0 Å². The Morgan fingerprint density at radius 3 is 1.93 bits per heavy atom. The summed E-state index contributed by atoms with van der Waals surface area (Å²) in [5.41, 5.74) is 6.25. The number of rotatable bonds is 11. The molecule has 1 rings (SSSR count). The van der Waals surface area contributed by atoms with E-state index in [4.69, 9.17) is 5.73 Å². The SMILES string of the molecule is CC(C)CC(NC(=O)C(C)NC(=O)C(C)N)C(=O)NC(Cc1ccccc1)C(=O)O. The van der Waals surface area contributed by atoms with Crippen molar-refractivity contribution < 1.29 is 24.3 Å². The summed E-state index contributed by atoms with van der Waals surface area (Å²) in [6.07, 6.45) is 0.425. The van der Waals surface area contributed by atoms with Crippen LogP contribution >= 0.6 is 0 Å². The van der Waals surface area contributed by atoms with Gasteiger partial charge in [-0.05, 0) is 31.7 Å². The highest BCUT2D eigenvalue weighted by atomic mass is 16.4. The molecule has 0 fully saturated rings. The smallest absolute Gasteiger partial charge is 0.326 e. The highest BCUT2D eigenvalue weighted by molar-refractivity contribution is 5.93. The van der Waals surface area contributed by atoms with Crippen LogP contribution in [0.1, 0.15) is 39.7 Å². The van der Waals surface area contributed by atoms with Crippen LogP contribution in [0, 0.1) is 5.92 Å². The average Bonchev–Trinajstić information content (AvgIpc) is 2.66. The maximum atomic E-state index is 12.8. The lowest BCUT2D eigenvalue weighted by Gasteiger charge is -2.24. The van der Waals surface area contributed by atoms with Gasteiger partial charge in [-0.1, -0.05) is 44.2 Å². The molecular formula is C21H32N4O5. The zero-order valence-corrected chi connectivity index (χ0v) is 17.8. The van der Waals surface area contributed by atoms with Crippen LogP contribution in [-0.2, 0) is 25.6 Å². The Balaban J connectivity index is 2.84. The predicted octanol–water partition coefficient (Wildman–Crippen LogP) is 0.181. The minimum Gasteiger partial charge on any atom is -0.480 e. The van der Waals surface area contributed by atoms with Gasteiger partial charge >= 0.3 is 5.97 Å². The molecule has 9 nitrogen and oxygen atoms in total. The Morgan fingerprint density at radius 2 is 1.43 bits per heavy atom. The van der Waals surface area contributed by atoms with Gasteiger partial charge in [0.25, 0.3) is 0 Å². The Hall–Kier alpha value is -2.94. The first kappa shape index (κ1) is 25.1. The Kier molecular flexibility index (Phi) is 9.97. The molecule has 166 valence electrons. The number of aliphatic carboxylic acids is 1. The Morgan fingerprint density at radius 1 is 0.867 bits per heavy atom. The first-order valence-corrected chi connectivity index (χ1v) is 9.94. The van der Waals surface area contributed by atoms with E-state index in [2.05, 4.69) is 16.0 Å². The fourth-order valence-corrected chi connectivity index (χ4v) is 2.73.